The normalized spacial score (nSPS) is 9.83. The average molecular weight is 269 g/mol. The Morgan fingerprint density at radius 2 is 2.50 bits per heavy atom. The van der Waals surface area contributed by atoms with Crippen molar-refractivity contribution >= 4 is 44.8 Å². The molecule has 5 heteroatoms. The number of carbonyl (C=O) groups excluding carboxylic acids is 1. The van der Waals surface area contributed by atoms with E-state index in [2.05, 4.69) is 21.2 Å². The fourth-order valence-electron chi connectivity index (χ4n) is 0.687. The van der Waals surface area contributed by atoms with Gasteiger partial charge in [-0.05, 0) is 32.9 Å². The van der Waals surface area contributed by atoms with E-state index >= 15 is 0 Å². The van der Waals surface area contributed by atoms with Gasteiger partial charge in [-0.25, -0.2) is 0 Å². The van der Waals surface area contributed by atoms with Crippen molar-refractivity contribution in [2.45, 2.75) is 6.54 Å². The molecule has 12 heavy (non-hydrogen) atoms. The quantitative estimate of drug-likeness (QED) is 0.838. The van der Waals surface area contributed by atoms with Crippen LogP contribution in [0.3, 0.4) is 0 Å². The number of nitrogens with one attached hydrogen (secondary N) is 1. The van der Waals surface area contributed by atoms with E-state index in [4.69, 9.17) is 11.6 Å². The lowest BCUT2D eigenvalue weighted by Gasteiger charge is -2.00. The molecule has 0 aromatic carbocycles. The van der Waals surface area contributed by atoms with Crippen LogP contribution >= 0.6 is 38.9 Å². The van der Waals surface area contributed by atoms with Crippen LogP contribution in [0.2, 0.25) is 0 Å². The van der Waals surface area contributed by atoms with Crippen LogP contribution in [0.25, 0.3) is 0 Å². The van der Waals surface area contributed by atoms with Crippen molar-refractivity contribution < 1.29 is 4.79 Å². The summed E-state index contributed by atoms with van der Waals surface area (Å²) in [6, 6.07) is 1.96. The molecule has 0 fully saturated rings. The van der Waals surface area contributed by atoms with E-state index in [0.29, 0.717) is 6.54 Å². The molecule has 0 bridgehead atoms. The first-order valence-corrected chi connectivity index (χ1v) is 5.49. The summed E-state index contributed by atoms with van der Waals surface area (Å²) in [5, 5.41) is 4.65. The first kappa shape index (κ1) is 10.0. The van der Waals surface area contributed by atoms with E-state index < -0.39 is 0 Å². The molecule has 1 rings (SSSR count). The Morgan fingerprint density at radius 3 is 3.00 bits per heavy atom. The van der Waals surface area contributed by atoms with Crippen LogP contribution in [0.15, 0.2) is 15.2 Å². The molecule has 1 aromatic rings. The maximum absolute atomic E-state index is 10.8. The van der Waals surface area contributed by atoms with E-state index in [9.17, 15) is 4.79 Å². The molecule has 0 aliphatic carbocycles. The van der Waals surface area contributed by atoms with E-state index in [0.717, 1.165) is 9.35 Å². The Labute approximate surface area is 88.0 Å². The minimum Gasteiger partial charge on any atom is -0.351 e. The highest BCUT2D eigenvalue weighted by Gasteiger charge is 2.02. The number of thiophene rings is 1. The topological polar surface area (TPSA) is 29.1 Å². The fraction of sp³-hybridized carbons (Fsp3) is 0.286. The molecule has 1 heterocycles. The van der Waals surface area contributed by atoms with Gasteiger partial charge in [-0.1, -0.05) is 0 Å². The predicted octanol–water partition coefficient (Wildman–Crippen LogP) is 2.37. The van der Waals surface area contributed by atoms with Crippen molar-refractivity contribution in [2.24, 2.45) is 0 Å². The first-order chi connectivity index (χ1) is 5.74. The van der Waals surface area contributed by atoms with Crippen molar-refractivity contribution in [3.8, 4) is 0 Å². The van der Waals surface area contributed by atoms with Crippen molar-refractivity contribution in [1.29, 1.82) is 0 Å². The van der Waals surface area contributed by atoms with Gasteiger partial charge in [-0.2, -0.15) is 0 Å². The van der Waals surface area contributed by atoms with Crippen molar-refractivity contribution in [3.05, 3.63) is 20.8 Å². The molecule has 0 aliphatic heterocycles. The lowest BCUT2D eigenvalue weighted by atomic mass is 10.3. The third kappa shape index (κ3) is 2.77. The molecule has 1 aromatic heterocycles. The summed E-state index contributed by atoms with van der Waals surface area (Å²) in [6.07, 6.45) is 0. The van der Waals surface area contributed by atoms with Gasteiger partial charge in [-0.15, -0.1) is 22.9 Å². The van der Waals surface area contributed by atoms with Crippen LogP contribution in [0.4, 0.5) is 0 Å². The zero-order valence-electron chi connectivity index (χ0n) is 6.14. The number of alkyl halides is 1. The average Bonchev–Trinajstić information content (AvgIpc) is 2.47. The minimum atomic E-state index is -0.144. The highest BCUT2D eigenvalue weighted by molar-refractivity contribution is 9.11. The summed E-state index contributed by atoms with van der Waals surface area (Å²) in [5.74, 6) is -0.128. The Bertz CT molecular complexity index is 276. The largest absolute Gasteiger partial charge is 0.351 e. The smallest absolute Gasteiger partial charge is 0.235 e. The summed E-state index contributed by atoms with van der Waals surface area (Å²) < 4.78 is 1.05. The second-order valence-corrected chi connectivity index (χ2v) is 4.63. The standard InChI is InChI=1S/C7H7BrClNOS/c8-7-5(1-2-12-7)4-10-6(11)3-9/h1-2H,3-4H2,(H,10,11). The van der Waals surface area contributed by atoms with Gasteiger partial charge in [0.05, 0.1) is 3.79 Å². The van der Waals surface area contributed by atoms with E-state index in [-0.39, 0.29) is 11.8 Å². The number of carbonyl (C=O) groups is 1. The predicted molar refractivity (Wildman–Crippen MR) is 54.6 cm³/mol. The molecule has 2 nitrogen and oxygen atoms in total. The Hall–Kier alpha value is -0.0600. The second-order valence-electron chi connectivity index (χ2n) is 2.13. The third-order valence-electron chi connectivity index (χ3n) is 1.29. The minimum absolute atomic E-state index is 0.0156. The van der Waals surface area contributed by atoms with Crippen molar-refractivity contribution in [1.82, 2.24) is 5.32 Å². The van der Waals surface area contributed by atoms with Gasteiger partial charge in [0, 0.05) is 6.54 Å². The first-order valence-electron chi connectivity index (χ1n) is 3.28. The molecule has 0 saturated carbocycles. The van der Waals surface area contributed by atoms with E-state index in [1.165, 1.54) is 0 Å². The van der Waals surface area contributed by atoms with Gasteiger partial charge in [-0.3, -0.25) is 4.79 Å². The lowest BCUT2D eigenvalue weighted by molar-refractivity contribution is -0.118. The molecule has 1 N–H and O–H groups in total. The molecule has 1 amide bonds. The van der Waals surface area contributed by atoms with Crippen LogP contribution < -0.4 is 5.32 Å². The summed E-state index contributed by atoms with van der Waals surface area (Å²) >= 11 is 10.3. The highest BCUT2D eigenvalue weighted by atomic mass is 79.9. The number of hydrogen-bond donors (Lipinski definition) is 1. The Morgan fingerprint density at radius 1 is 1.75 bits per heavy atom. The van der Waals surface area contributed by atoms with Crippen LogP contribution in [0, 0.1) is 0 Å². The number of rotatable bonds is 3. The van der Waals surface area contributed by atoms with Gasteiger partial charge in [0.1, 0.15) is 5.88 Å². The van der Waals surface area contributed by atoms with Gasteiger partial charge < -0.3 is 5.32 Å². The molecular formula is C7H7BrClNOS. The number of hydrogen-bond acceptors (Lipinski definition) is 2. The molecule has 66 valence electrons. The van der Waals surface area contributed by atoms with Gasteiger partial charge in [0.15, 0.2) is 0 Å². The van der Waals surface area contributed by atoms with E-state index in [1.807, 2.05) is 11.4 Å². The monoisotopic (exact) mass is 267 g/mol. The maximum atomic E-state index is 10.8. The molecular weight excluding hydrogens is 262 g/mol. The summed E-state index contributed by atoms with van der Waals surface area (Å²) in [4.78, 5) is 10.8. The molecule has 0 aliphatic rings. The number of amides is 1. The van der Waals surface area contributed by atoms with Gasteiger partial charge in [0.25, 0.3) is 0 Å². The van der Waals surface area contributed by atoms with Gasteiger partial charge >= 0.3 is 0 Å². The molecule has 0 atom stereocenters. The van der Waals surface area contributed by atoms with E-state index in [1.54, 1.807) is 11.3 Å². The SMILES string of the molecule is O=C(CCl)NCc1ccsc1Br. The summed E-state index contributed by atoms with van der Waals surface area (Å²) in [7, 11) is 0. The number of halogens is 2. The van der Waals surface area contributed by atoms with Crippen molar-refractivity contribution in [3.63, 3.8) is 0 Å². The second kappa shape index (κ2) is 4.84. The zero-order chi connectivity index (χ0) is 8.97. The summed E-state index contributed by atoms with van der Waals surface area (Å²) in [6.45, 7) is 0.537. The van der Waals surface area contributed by atoms with Crippen LogP contribution in [-0.4, -0.2) is 11.8 Å². The highest BCUT2D eigenvalue weighted by Crippen LogP contribution is 2.22. The molecule has 0 spiro atoms. The van der Waals surface area contributed by atoms with Crippen LogP contribution in [0.5, 0.6) is 0 Å². The zero-order valence-corrected chi connectivity index (χ0v) is 9.30. The summed E-state index contributed by atoms with van der Waals surface area (Å²) in [5.41, 5.74) is 1.08. The van der Waals surface area contributed by atoms with Gasteiger partial charge in [0.2, 0.25) is 5.91 Å². The van der Waals surface area contributed by atoms with Crippen molar-refractivity contribution in [2.75, 3.05) is 5.88 Å². The lowest BCUT2D eigenvalue weighted by Crippen LogP contribution is -2.23. The fourth-order valence-corrected chi connectivity index (χ4v) is 2.02. The Balaban J connectivity index is 2.43. The van der Waals surface area contributed by atoms with Crippen LogP contribution in [0.1, 0.15) is 5.56 Å². The Kier molecular flexibility index (Phi) is 4.05. The molecule has 0 radical (unpaired) electrons. The maximum Gasteiger partial charge on any atom is 0.235 e. The third-order valence-corrected chi connectivity index (χ3v) is 3.34. The van der Waals surface area contributed by atoms with Crippen LogP contribution in [-0.2, 0) is 11.3 Å². The molecule has 0 saturated heterocycles. The molecule has 0 unspecified atom stereocenters.